The number of rotatable bonds is 4. The standard InChI is InChI=1S/C22H16BrNO/c23-22-21(14-15-25-22)18-8-12-20(13-9-18)24-19-10-6-17(7-11-19)16-4-2-1-3-5-16/h1-15,24H. The van der Waals surface area contributed by atoms with Crippen LogP contribution in [-0.4, -0.2) is 0 Å². The molecule has 0 spiro atoms. The number of anilines is 2. The van der Waals surface area contributed by atoms with Crippen LogP contribution in [0.5, 0.6) is 0 Å². The second-order valence-electron chi connectivity index (χ2n) is 5.75. The molecular formula is C22H16BrNO. The number of benzene rings is 3. The summed E-state index contributed by atoms with van der Waals surface area (Å²) < 4.78 is 6.05. The molecule has 0 aliphatic rings. The molecule has 4 aromatic rings. The predicted octanol–water partition coefficient (Wildman–Crippen LogP) is 7.12. The van der Waals surface area contributed by atoms with E-state index in [0.29, 0.717) is 0 Å². The highest BCUT2D eigenvalue weighted by Crippen LogP contribution is 2.30. The summed E-state index contributed by atoms with van der Waals surface area (Å²) in [7, 11) is 0. The van der Waals surface area contributed by atoms with Crippen LogP contribution in [0.4, 0.5) is 11.4 Å². The second kappa shape index (κ2) is 6.99. The van der Waals surface area contributed by atoms with Gasteiger partial charge in [-0.1, -0.05) is 54.6 Å². The number of halogens is 1. The van der Waals surface area contributed by atoms with E-state index in [0.717, 1.165) is 27.2 Å². The van der Waals surface area contributed by atoms with E-state index in [1.165, 1.54) is 11.1 Å². The fourth-order valence-corrected chi connectivity index (χ4v) is 3.25. The predicted molar refractivity (Wildman–Crippen MR) is 107 cm³/mol. The summed E-state index contributed by atoms with van der Waals surface area (Å²) in [4.78, 5) is 0. The summed E-state index contributed by atoms with van der Waals surface area (Å²) in [5, 5.41) is 3.43. The van der Waals surface area contributed by atoms with E-state index in [9.17, 15) is 0 Å². The Labute approximate surface area is 155 Å². The van der Waals surface area contributed by atoms with Gasteiger partial charge >= 0.3 is 0 Å². The Balaban J connectivity index is 1.50. The van der Waals surface area contributed by atoms with Gasteiger partial charge in [-0.2, -0.15) is 0 Å². The molecule has 3 heteroatoms. The number of hydrogen-bond acceptors (Lipinski definition) is 2. The van der Waals surface area contributed by atoms with Crippen LogP contribution < -0.4 is 5.32 Å². The first-order valence-corrected chi connectivity index (χ1v) is 8.85. The molecule has 0 aliphatic heterocycles. The molecular weight excluding hydrogens is 374 g/mol. The van der Waals surface area contributed by atoms with E-state index in [1.807, 2.05) is 12.1 Å². The maximum absolute atomic E-state index is 5.29. The zero-order valence-corrected chi connectivity index (χ0v) is 15.0. The van der Waals surface area contributed by atoms with Crippen molar-refractivity contribution in [2.45, 2.75) is 0 Å². The first kappa shape index (κ1) is 15.7. The molecule has 0 saturated carbocycles. The van der Waals surface area contributed by atoms with Crippen molar-refractivity contribution in [3.63, 3.8) is 0 Å². The molecule has 0 bridgehead atoms. The largest absolute Gasteiger partial charge is 0.457 e. The summed E-state index contributed by atoms with van der Waals surface area (Å²) in [6.07, 6.45) is 1.68. The van der Waals surface area contributed by atoms with Crippen LogP contribution in [0.2, 0.25) is 0 Å². The molecule has 25 heavy (non-hydrogen) atoms. The van der Waals surface area contributed by atoms with Crippen LogP contribution in [0.3, 0.4) is 0 Å². The molecule has 1 heterocycles. The van der Waals surface area contributed by atoms with Gasteiger partial charge in [-0.05, 0) is 63.0 Å². The maximum atomic E-state index is 5.29. The van der Waals surface area contributed by atoms with Crippen molar-refractivity contribution in [2.24, 2.45) is 0 Å². The number of nitrogens with one attached hydrogen (secondary N) is 1. The molecule has 0 saturated heterocycles. The smallest absolute Gasteiger partial charge is 0.176 e. The van der Waals surface area contributed by atoms with Crippen molar-refractivity contribution in [3.8, 4) is 22.3 Å². The van der Waals surface area contributed by atoms with Gasteiger partial charge in [-0.3, -0.25) is 0 Å². The summed E-state index contributed by atoms with van der Waals surface area (Å²) in [5.41, 5.74) is 6.73. The minimum Gasteiger partial charge on any atom is -0.457 e. The van der Waals surface area contributed by atoms with Crippen LogP contribution in [0.1, 0.15) is 0 Å². The topological polar surface area (TPSA) is 25.2 Å². The van der Waals surface area contributed by atoms with Gasteiger partial charge in [0.1, 0.15) is 0 Å². The lowest BCUT2D eigenvalue weighted by molar-refractivity contribution is 0.542. The Hall–Kier alpha value is -2.78. The third-order valence-corrected chi connectivity index (χ3v) is 4.71. The van der Waals surface area contributed by atoms with E-state index in [2.05, 4.69) is 94.0 Å². The van der Waals surface area contributed by atoms with Crippen molar-refractivity contribution in [3.05, 3.63) is 95.9 Å². The third kappa shape index (κ3) is 3.52. The van der Waals surface area contributed by atoms with Gasteiger partial charge in [0.05, 0.1) is 6.26 Å². The Kier molecular flexibility index (Phi) is 4.40. The summed E-state index contributed by atoms with van der Waals surface area (Å²) >= 11 is 3.42. The van der Waals surface area contributed by atoms with Crippen molar-refractivity contribution < 1.29 is 4.42 Å². The lowest BCUT2D eigenvalue weighted by Crippen LogP contribution is -1.90. The zero-order chi connectivity index (χ0) is 17.1. The SMILES string of the molecule is Brc1occc1-c1ccc(Nc2ccc(-c3ccccc3)cc2)cc1. The molecule has 2 nitrogen and oxygen atoms in total. The quantitative estimate of drug-likeness (QED) is 0.401. The van der Waals surface area contributed by atoms with Crippen LogP contribution >= 0.6 is 15.9 Å². The first-order chi connectivity index (χ1) is 12.3. The maximum Gasteiger partial charge on any atom is 0.176 e. The average Bonchev–Trinajstić information content (AvgIpc) is 3.10. The molecule has 122 valence electrons. The molecule has 3 aromatic carbocycles. The van der Waals surface area contributed by atoms with Gasteiger partial charge in [0.2, 0.25) is 0 Å². The highest BCUT2D eigenvalue weighted by Gasteiger charge is 2.05. The van der Waals surface area contributed by atoms with Gasteiger partial charge in [-0.25, -0.2) is 0 Å². The fraction of sp³-hybridized carbons (Fsp3) is 0. The lowest BCUT2D eigenvalue weighted by Gasteiger charge is -2.09. The Morgan fingerprint density at radius 1 is 0.600 bits per heavy atom. The van der Waals surface area contributed by atoms with E-state index in [1.54, 1.807) is 6.26 Å². The fourth-order valence-electron chi connectivity index (χ4n) is 2.78. The molecule has 0 aliphatic carbocycles. The van der Waals surface area contributed by atoms with E-state index < -0.39 is 0 Å². The van der Waals surface area contributed by atoms with Crippen molar-refractivity contribution in [2.75, 3.05) is 5.32 Å². The van der Waals surface area contributed by atoms with Gasteiger partial charge in [0, 0.05) is 16.9 Å². The first-order valence-electron chi connectivity index (χ1n) is 8.05. The van der Waals surface area contributed by atoms with Crippen molar-refractivity contribution in [1.29, 1.82) is 0 Å². The summed E-state index contributed by atoms with van der Waals surface area (Å²) in [6, 6.07) is 29.1. The molecule has 0 fully saturated rings. The highest BCUT2D eigenvalue weighted by atomic mass is 79.9. The number of furan rings is 1. The molecule has 0 radical (unpaired) electrons. The zero-order valence-electron chi connectivity index (χ0n) is 13.4. The molecule has 0 unspecified atom stereocenters. The van der Waals surface area contributed by atoms with E-state index in [-0.39, 0.29) is 0 Å². The molecule has 1 aromatic heterocycles. The van der Waals surface area contributed by atoms with Crippen molar-refractivity contribution >= 4 is 27.3 Å². The van der Waals surface area contributed by atoms with Crippen LogP contribution in [0.25, 0.3) is 22.3 Å². The van der Waals surface area contributed by atoms with Crippen molar-refractivity contribution in [1.82, 2.24) is 0 Å². The highest BCUT2D eigenvalue weighted by molar-refractivity contribution is 9.10. The minimum atomic E-state index is 0.754. The Morgan fingerprint density at radius 3 is 1.72 bits per heavy atom. The summed E-state index contributed by atoms with van der Waals surface area (Å²) in [6.45, 7) is 0. The van der Waals surface area contributed by atoms with Gasteiger partial charge in [0.15, 0.2) is 4.67 Å². The third-order valence-electron chi connectivity index (χ3n) is 4.09. The van der Waals surface area contributed by atoms with Crippen LogP contribution in [0.15, 0.2) is 100 Å². The lowest BCUT2D eigenvalue weighted by atomic mass is 10.1. The summed E-state index contributed by atoms with van der Waals surface area (Å²) in [5.74, 6) is 0. The van der Waals surface area contributed by atoms with Gasteiger partial charge in [-0.15, -0.1) is 0 Å². The minimum absolute atomic E-state index is 0.754. The normalized spacial score (nSPS) is 10.6. The number of hydrogen-bond donors (Lipinski definition) is 1. The molecule has 0 atom stereocenters. The Morgan fingerprint density at radius 2 is 1.16 bits per heavy atom. The monoisotopic (exact) mass is 389 g/mol. The van der Waals surface area contributed by atoms with Gasteiger partial charge in [0.25, 0.3) is 0 Å². The van der Waals surface area contributed by atoms with Crippen LogP contribution in [0, 0.1) is 0 Å². The van der Waals surface area contributed by atoms with E-state index in [4.69, 9.17) is 4.42 Å². The Bertz CT molecular complexity index is 957. The molecule has 0 amide bonds. The van der Waals surface area contributed by atoms with Gasteiger partial charge < -0.3 is 9.73 Å². The second-order valence-corrected chi connectivity index (χ2v) is 6.47. The molecule has 4 rings (SSSR count). The van der Waals surface area contributed by atoms with Crippen LogP contribution in [-0.2, 0) is 0 Å². The molecule has 1 N–H and O–H groups in total. The van der Waals surface area contributed by atoms with E-state index >= 15 is 0 Å². The average molecular weight is 390 g/mol.